The molecule has 0 saturated heterocycles. The topological polar surface area (TPSA) is 64.3 Å². The van der Waals surface area contributed by atoms with Gasteiger partial charge in [-0.25, -0.2) is 5.84 Å². The molecular weight excluding hydrogens is 276 g/mol. The number of hydrogen-bond acceptors (Lipinski definition) is 3. The highest BCUT2D eigenvalue weighted by molar-refractivity contribution is 6.31. The molecule has 2 aromatic rings. The van der Waals surface area contributed by atoms with E-state index in [2.05, 4.69) is 5.43 Å². The number of carbonyl (C=O) groups is 1. The number of rotatable bonds is 4. The number of hydrogen-bond donors (Lipinski definition) is 2. The lowest BCUT2D eigenvalue weighted by atomic mass is 10.1. The van der Waals surface area contributed by atoms with Gasteiger partial charge in [0.15, 0.2) is 0 Å². The first-order chi connectivity index (χ1) is 9.60. The van der Waals surface area contributed by atoms with Gasteiger partial charge in [0.1, 0.15) is 12.4 Å². The molecule has 0 aliphatic heterocycles. The van der Waals surface area contributed by atoms with Crippen LogP contribution in [-0.2, 0) is 6.61 Å². The van der Waals surface area contributed by atoms with Crippen molar-refractivity contribution in [2.75, 3.05) is 0 Å². The van der Waals surface area contributed by atoms with Crippen LogP contribution in [0.15, 0.2) is 42.5 Å². The van der Waals surface area contributed by atoms with Crippen LogP contribution in [0, 0.1) is 6.92 Å². The summed E-state index contributed by atoms with van der Waals surface area (Å²) >= 11 is 5.88. The van der Waals surface area contributed by atoms with Gasteiger partial charge in [0.2, 0.25) is 0 Å². The quantitative estimate of drug-likeness (QED) is 0.517. The molecule has 0 atom stereocenters. The number of aryl methyl sites for hydroxylation is 1. The number of amides is 1. The Morgan fingerprint density at radius 1 is 1.30 bits per heavy atom. The highest BCUT2D eigenvalue weighted by Crippen LogP contribution is 2.23. The number of benzene rings is 2. The van der Waals surface area contributed by atoms with E-state index in [-0.39, 0.29) is 0 Å². The summed E-state index contributed by atoms with van der Waals surface area (Å²) in [6.07, 6.45) is 0. The molecule has 0 fully saturated rings. The molecule has 0 aliphatic carbocycles. The van der Waals surface area contributed by atoms with Gasteiger partial charge in [-0.2, -0.15) is 0 Å². The van der Waals surface area contributed by atoms with Crippen molar-refractivity contribution in [3.05, 3.63) is 64.2 Å². The number of nitrogens with two attached hydrogens (primary N) is 1. The average Bonchev–Trinajstić information content (AvgIpc) is 2.45. The minimum absolute atomic E-state index is 0.313. The molecule has 0 saturated carbocycles. The van der Waals surface area contributed by atoms with E-state index in [0.29, 0.717) is 22.9 Å². The van der Waals surface area contributed by atoms with Crippen LogP contribution in [0.25, 0.3) is 0 Å². The predicted molar refractivity (Wildman–Crippen MR) is 78.6 cm³/mol. The summed E-state index contributed by atoms with van der Waals surface area (Å²) in [7, 11) is 0. The molecule has 0 aromatic heterocycles. The largest absolute Gasteiger partial charge is 0.488 e. The summed E-state index contributed by atoms with van der Waals surface area (Å²) in [5.74, 6) is 5.16. The first-order valence-electron chi connectivity index (χ1n) is 6.09. The Morgan fingerprint density at radius 3 is 2.80 bits per heavy atom. The maximum Gasteiger partial charge on any atom is 0.268 e. The van der Waals surface area contributed by atoms with E-state index in [0.717, 1.165) is 11.1 Å². The fraction of sp³-hybridized carbons (Fsp3) is 0.133. The van der Waals surface area contributed by atoms with Crippen molar-refractivity contribution >= 4 is 17.5 Å². The van der Waals surface area contributed by atoms with Gasteiger partial charge in [-0.1, -0.05) is 41.4 Å². The zero-order valence-electron chi connectivity index (χ0n) is 11.0. The van der Waals surface area contributed by atoms with E-state index in [9.17, 15) is 4.79 Å². The molecule has 20 heavy (non-hydrogen) atoms. The van der Waals surface area contributed by atoms with Crippen molar-refractivity contribution in [1.82, 2.24) is 5.43 Å². The van der Waals surface area contributed by atoms with Crippen LogP contribution >= 0.6 is 11.6 Å². The Morgan fingerprint density at radius 2 is 2.10 bits per heavy atom. The molecule has 5 heteroatoms. The molecule has 0 heterocycles. The standard InChI is InChI=1S/C15H15ClN2O2/c1-10-3-2-4-11(7-10)9-20-14-6-5-12(16)8-13(14)15(19)18-17/h2-8H,9,17H2,1H3,(H,18,19). The maximum atomic E-state index is 11.7. The molecule has 0 aliphatic rings. The molecule has 104 valence electrons. The molecule has 3 N–H and O–H groups in total. The van der Waals surface area contributed by atoms with E-state index >= 15 is 0 Å². The van der Waals surface area contributed by atoms with Crippen LogP contribution < -0.4 is 16.0 Å². The van der Waals surface area contributed by atoms with Crippen LogP contribution in [0.5, 0.6) is 5.75 Å². The predicted octanol–water partition coefficient (Wildman–Crippen LogP) is 2.83. The van der Waals surface area contributed by atoms with Crippen LogP contribution in [0.2, 0.25) is 5.02 Å². The van der Waals surface area contributed by atoms with Crippen LogP contribution in [0.3, 0.4) is 0 Å². The molecule has 0 unspecified atom stereocenters. The normalized spacial score (nSPS) is 10.2. The van der Waals surface area contributed by atoms with Gasteiger partial charge in [0.25, 0.3) is 5.91 Å². The van der Waals surface area contributed by atoms with Gasteiger partial charge in [0, 0.05) is 5.02 Å². The summed E-state index contributed by atoms with van der Waals surface area (Å²) < 4.78 is 5.68. The zero-order chi connectivity index (χ0) is 14.5. The molecule has 0 radical (unpaired) electrons. The smallest absolute Gasteiger partial charge is 0.268 e. The highest BCUT2D eigenvalue weighted by atomic mass is 35.5. The van der Waals surface area contributed by atoms with E-state index in [1.807, 2.05) is 31.2 Å². The van der Waals surface area contributed by atoms with Crippen LogP contribution in [0.1, 0.15) is 21.5 Å². The van der Waals surface area contributed by atoms with Crippen LogP contribution in [-0.4, -0.2) is 5.91 Å². The molecule has 1 amide bonds. The van der Waals surface area contributed by atoms with Gasteiger partial charge in [-0.15, -0.1) is 0 Å². The van der Waals surface area contributed by atoms with Gasteiger partial charge < -0.3 is 4.74 Å². The van der Waals surface area contributed by atoms with Crippen molar-refractivity contribution in [1.29, 1.82) is 0 Å². The summed E-state index contributed by atoms with van der Waals surface area (Å²) in [5.41, 5.74) is 4.57. The van der Waals surface area contributed by atoms with E-state index in [1.165, 1.54) is 6.07 Å². The number of nitrogen functional groups attached to an aromatic ring is 1. The molecule has 0 spiro atoms. The Hall–Kier alpha value is -2.04. The SMILES string of the molecule is Cc1cccc(COc2ccc(Cl)cc2C(=O)NN)c1. The number of halogens is 1. The number of hydrazine groups is 1. The average molecular weight is 291 g/mol. The molecule has 0 bridgehead atoms. The van der Waals surface area contributed by atoms with Crippen molar-refractivity contribution in [3.8, 4) is 5.75 Å². The molecule has 2 aromatic carbocycles. The van der Waals surface area contributed by atoms with E-state index < -0.39 is 5.91 Å². The molecule has 4 nitrogen and oxygen atoms in total. The Labute approximate surface area is 122 Å². The summed E-state index contributed by atoms with van der Waals surface area (Å²) in [5, 5.41) is 0.450. The Bertz CT molecular complexity index is 629. The second-order valence-corrected chi connectivity index (χ2v) is 4.83. The van der Waals surface area contributed by atoms with Gasteiger partial charge in [-0.3, -0.25) is 10.2 Å². The van der Waals surface area contributed by atoms with Gasteiger partial charge >= 0.3 is 0 Å². The lowest BCUT2D eigenvalue weighted by Crippen LogP contribution is -2.30. The summed E-state index contributed by atoms with van der Waals surface area (Å²) in [4.78, 5) is 11.7. The lowest BCUT2D eigenvalue weighted by molar-refractivity contribution is 0.0949. The number of carbonyl (C=O) groups excluding carboxylic acids is 1. The van der Waals surface area contributed by atoms with Crippen molar-refractivity contribution in [2.45, 2.75) is 13.5 Å². The first-order valence-corrected chi connectivity index (χ1v) is 6.47. The Kier molecular flexibility index (Phi) is 4.61. The number of ether oxygens (including phenoxy) is 1. The molecule has 2 rings (SSSR count). The second kappa shape index (κ2) is 6.41. The molecular formula is C15H15ClN2O2. The summed E-state index contributed by atoms with van der Waals surface area (Å²) in [6, 6.07) is 12.8. The highest BCUT2D eigenvalue weighted by Gasteiger charge is 2.12. The van der Waals surface area contributed by atoms with Crippen LogP contribution in [0.4, 0.5) is 0 Å². The minimum atomic E-state index is -0.438. The van der Waals surface area contributed by atoms with Gasteiger partial charge in [-0.05, 0) is 30.7 Å². The maximum absolute atomic E-state index is 11.7. The first kappa shape index (κ1) is 14.4. The zero-order valence-corrected chi connectivity index (χ0v) is 11.8. The fourth-order valence-corrected chi connectivity index (χ4v) is 2.02. The minimum Gasteiger partial charge on any atom is -0.488 e. The van der Waals surface area contributed by atoms with Crippen molar-refractivity contribution in [3.63, 3.8) is 0 Å². The third-order valence-electron chi connectivity index (χ3n) is 2.79. The second-order valence-electron chi connectivity index (χ2n) is 4.39. The fourth-order valence-electron chi connectivity index (χ4n) is 1.85. The van der Waals surface area contributed by atoms with Crippen molar-refractivity contribution in [2.24, 2.45) is 5.84 Å². The third kappa shape index (κ3) is 3.50. The van der Waals surface area contributed by atoms with E-state index in [1.54, 1.807) is 12.1 Å². The third-order valence-corrected chi connectivity index (χ3v) is 3.03. The Balaban J connectivity index is 2.19. The van der Waals surface area contributed by atoms with Crippen molar-refractivity contribution < 1.29 is 9.53 Å². The van der Waals surface area contributed by atoms with Gasteiger partial charge in [0.05, 0.1) is 5.56 Å². The van der Waals surface area contributed by atoms with E-state index in [4.69, 9.17) is 22.2 Å². The summed E-state index contributed by atoms with van der Waals surface area (Å²) in [6.45, 7) is 2.38. The lowest BCUT2D eigenvalue weighted by Gasteiger charge is -2.11. The number of nitrogens with one attached hydrogen (secondary N) is 1. The monoisotopic (exact) mass is 290 g/mol.